The number of benzene rings is 2. The molecule has 0 saturated heterocycles. The van der Waals surface area contributed by atoms with Gasteiger partial charge in [0.25, 0.3) is 5.91 Å². The van der Waals surface area contributed by atoms with E-state index in [2.05, 4.69) is 53.6 Å². The van der Waals surface area contributed by atoms with Crippen molar-refractivity contribution in [1.82, 2.24) is 19.9 Å². The molecule has 32 heavy (non-hydrogen) atoms. The third-order valence-electron chi connectivity index (χ3n) is 5.71. The van der Waals surface area contributed by atoms with Crippen LogP contribution in [-0.4, -0.2) is 45.2 Å². The number of aromatic nitrogens is 2. The number of nitrogens with one attached hydrogen (secondary N) is 1. The molecule has 0 aliphatic heterocycles. The van der Waals surface area contributed by atoms with E-state index in [-0.39, 0.29) is 0 Å². The molecular weight excluding hydrogens is 400 g/mol. The molecule has 0 aliphatic carbocycles. The zero-order valence-corrected chi connectivity index (χ0v) is 19.1. The Labute approximate surface area is 190 Å². The van der Waals surface area contributed by atoms with Crippen molar-refractivity contribution in [3.63, 3.8) is 0 Å². The molecule has 0 saturated carbocycles. The van der Waals surface area contributed by atoms with Crippen LogP contribution in [0, 0.1) is 0 Å². The average molecular weight is 435 g/mol. The Bertz CT molecular complexity index is 1030. The highest BCUT2D eigenvalue weighted by atomic mass is 16.5. The molecule has 6 heteroatoms. The molecule has 0 unspecified atom stereocenters. The van der Waals surface area contributed by atoms with Crippen molar-refractivity contribution in [3.8, 4) is 0 Å². The van der Waals surface area contributed by atoms with Crippen LogP contribution >= 0.6 is 0 Å². The molecule has 2 aromatic carbocycles. The van der Waals surface area contributed by atoms with Gasteiger partial charge in [-0.3, -0.25) is 10.0 Å². The average Bonchev–Trinajstić information content (AvgIpc) is 3.17. The van der Waals surface area contributed by atoms with Crippen LogP contribution in [0.4, 0.5) is 0 Å². The second kappa shape index (κ2) is 12.2. The van der Waals surface area contributed by atoms with E-state index in [1.54, 1.807) is 11.6 Å². The molecule has 0 spiro atoms. The van der Waals surface area contributed by atoms with Gasteiger partial charge in [0.2, 0.25) is 0 Å². The van der Waals surface area contributed by atoms with Crippen LogP contribution < -0.4 is 5.48 Å². The standard InChI is InChI=1S/C26H34N4O2/c1-3-17-29(4-2)18-8-19-30-24-14-11-22(13-16-26(31)28-32)20-23(24)27-25(30)15-12-21-9-6-5-7-10-21/h5-7,9-11,13-14,16,20,32H,3-4,8,12,15,17-19H2,1-2H3,(H,28,31)/b16-13+. The largest absolute Gasteiger partial charge is 0.328 e. The molecule has 0 fully saturated rings. The van der Waals surface area contributed by atoms with Gasteiger partial charge in [0.05, 0.1) is 11.0 Å². The first kappa shape index (κ1) is 23.7. The Morgan fingerprint density at radius 2 is 1.94 bits per heavy atom. The van der Waals surface area contributed by atoms with E-state index in [1.807, 2.05) is 18.2 Å². The van der Waals surface area contributed by atoms with Gasteiger partial charge in [-0.1, -0.05) is 50.2 Å². The lowest BCUT2D eigenvalue weighted by Gasteiger charge is -2.20. The van der Waals surface area contributed by atoms with Gasteiger partial charge in [0, 0.05) is 19.0 Å². The Kier molecular flexibility index (Phi) is 9.01. The first-order valence-corrected chi connectivity index (χ1v) is 11.5. The van der Waals surface area contributed by atoms with Crippen molar-refractivity contribution < 1.29 is 10.0 Å². The molecule has 0 bridgehead atoms. The molecule has 2 N–H and O–H groups in total. The SMILES string of the molecule is CCCN(CC)CCCn1c(CCc2ccccc2)nc2cc(/C=C/C(=O)NO)ccc21. The second-order valence-corrected chi connectivity index (χ2v) is 8.01. The number of carbonyl (C=O) groups is 1. The molecule has 0 atom stereocenters. The van der Waals surface area contributed by atoms with Crippen LogP contribution in [0.2, 0.25) is 0 Å². The molecule has 1 aromatic heterocycles. The number of rotatable bonds is 12. The normalized spacial score (nSPS) is 11.6. The van der Waals surface area contributed by atoms with Crippen LogP contribution in [0.5, 0.6) is 0 Å². The minimum Gasteiger partial charge on any atom is -0.328 e. The summed E-state index contributed by atoms with van der Waals surface area (Å²) in [6.07, 6.45) is 7.07. The van der Waals surface area contributed by atoms with E-state index in [1.165, 1.54) is 18.1 Å². The number of hydrogen-bond acceptors (Lipinski definition) is 4. The Morgan fingerprint density at radius 3 is 2.66 bits per heavy atom. The zero-order valence-electron chi connectivity index (χ0n) is 19.1. The number of carbonyl (C=O) groups excluding carboxylic acids is 1. The minimum atomic E-state index is -0.549. The lowest BCUT2D eigenvalue weighted by molar-refractivity contribution is -0.124. The predicted octanol–water partition coefficient (Wildman–Crippen LogP) is 4.46. The molecule has 3 rings (SSSR count). The molecule has 1 amide bonds. The zero-order chi connectivity index (χ0) is 22.8. The van der Waals surface area contributed by atoms with Crippen LogP contribution in [-0.2, 0) is 24.2 Å². The fraction of sp³-hybridized carbons (Fsp3) is 0.385. The monoisotopic (exact) mass is 434 g/mol. The maximum Gasteiger partial charge on any atom is 0.267 e. The number of hydroxylamine groups is 1. The molecule has 0 radical (unpaired) electrons. The lowest BCUT2D eigenvalue weighted by atomic mass is 10.1. The third kappa shape index (κ3) is 6.52. The first-order valence-electron chi connectivity index (χ1n) is 11.5. The summed E-state index contributed by atoms with van der Waals surface area (Å²) < 4.78 is 2.35. The summed E-state index contributed by atoms with van der Waals surface area (Å²) in [6.45, 7) is 8.68. The van der Waals surface area contributed by atoms with Gasteiger partial charge in [0.15, 0.2) is 0 Å². The van der Waals surface area contributed by atoms with E-state index < -0.39 is 5.91 Å². The summed E-state index contributed by atoms with van der Waals surface area (Å²) in [5, 5.41) is 8.68. The summed E-state index contributed by atoms with van der Waals surface area (Å²) in [4.78, 5) is 18.8. The highest BCUT2D eigenvalue weighted by molar-refractivity contribution is 5.91. The minimum absolute atomic E-state index is 0.549. The summed E-state index contributed by atoms with van der Waals surface area (Å²) in [5.41, 5.74) is 5.85. The van der Waals surface area contributed by atoms with Gasteiger partial charge in [-0.15, -0.1) is 0 Å². The highest BCUT2D eigenvalue weighted by Crippen LogP contribution is 2.21. The van der Waals surface area contributed by atoms with Gasteiger partial charge in [0.1, 0.15) is 5.82 Å². The van der Waals surface area contributed by atoms with E-state index in [0.29, 0.717) is 0 Å². The van der Waals surface area contributed by atoms with E-state index >= 15 is 0 Å². The van der Waals surface area contributed by atoms with E-state index in [0.717, 1.165) is 67.9 Å². The number of amides is 1. The highest BCUT2D eigenvalue weighted by Gasteiger charge is 2.12. The summed E-state index contributed by atoms with van der Waals surface area (Å²) >= 11 is 0. The molecule has 170 valence electrons. The van der Waals surface area contributed by atoms with Crippen LogP contribution in [0.15, 0.2) is 54.6 Å². The predicted molar refractivity (Wildman–Crippen MR) is 130 cm³/mol. The van der Waals surface area contributed by atoms with E-state index in [4.69, 9.17) is 10.2 Å². The van der Waals surface area contributed by atoms with Crippen molar-refractivity contribution in [2.24, 2.45) is 0 Å². The van der Waals surface area contributed by atoms with Crippen molar-refractivity contribution in [3.05, 3.63) is 71.6 Å². The smallest absolute Gasteiger partial charge is 0.267 e. The molecule has 6 nitrogen and oxygen atoms in total. The van der Waals surface area contributed by atoms with Gasteiger partial charge < -0.3 is 9.47 Å². The van der Waals surface area contributed by atoms with Crippen molar-refractivity contribution in [2.75, 3.05) is 19.6 Å². The maximum atomic E-state index is 11.3. The van der Waals surface area contributed by atoms with Crippen molar-refractivity contribution >= 4 is 23.0 Å². The van der Waals surface area contributed by atoms with Gasteiger partial charge >= 0.3 is 0 Å². The number of hydrogen-bond donors (Lipinski definition) is 2. The third-order valence-corrected chi connectivity index (χ3v) is 5.71. The summed E-state index contributed by atoms with van der Waals surface area (Å²) in [6, 6.07) is 16.6. The van der Waals surface area contributed by atoms with Crippen LogP contribution in [0.3, 0.4) is 0 Å². The Hall–Kier alpha value is -2.96. The molecular formula is C26H34N4O2. The number of imidazole rings is 1. The Balaban J connectivity index is 1.82. The van der Waals surface area contributed by atoms with Gasteiger partial charge in [-0.25, -0.2) is 10.5 Å². The van der Waals surface area contributed by atoms with Crippen LogP contribution in [0.1, 0.15) is 43.6 Å². The lowest BCUT2D eigenvalue weighted by Crippen LogP contribution is -2.26. The van der Waals surface area contributed by atoms with Crippen molar-refractivity contribution in [2.45, 2.75) is 46.1 Å². The maximum absolute atomic E-state index is 11.3. The summed E-state index contributed by atoms with van der Waals surface area (Å²) in [5.74, 6) is 0.545. The van der Waals surface area contributed by atoms with Gasteiger partial charge in [-0.05, 0) is 68.2 Å². The topological polar surface area (TPSA) is 70.4 Å². The number of fused-ring (bicyclic) bond motifs is 1. The fourth-order valence-electron chi connectivity index (χ4n) is 4.05. The quantitative estimate of drug-likeness (QED) is 0.251. The summed E-state index contributed by atoms with van der Waals surface area (Å²) in [7, 11) is 0. The van der Waals surface area contributed by atoms with Gasteiger partial charge in [-0.2, -0.15) is 0 Å². The molecule has 1 heterocycles. The van der Waals surface area contributed by atoms with Crippen LogP contribution in [0.25, 0.3) is 17.1 Å². The number of nitrogens with zero attached hydrogens (tertiary/aromatic N) is 3. The molecule has 0 aliphatic rings. The van der Waals surface area contributed by atoms with E-state index in [9.17, 15) is 4.79 Å². The number of aryl methyl sites for hydroxylation is 3. The first-order chi connectivity index (χ1) is 15.6. The molecule has 3 aromatic rings. The second-order valence-electron chi connectivity index (χ2n) is 8.01. The fourth-order valence-corrected chi connectivity index (χ4v) is 4.05. The Morgan fingerprint density at radius 1 is 1.12 bits per heavy atom. The van der Waals surface area contributed by atoms with Crippen molar-refractivity contribution in [1.29, 1.82) is 0 Å².